The minimum atomic E-state index is -4.55. The first-order valence-electron chi connectivity index (χ1n) is 2.56. The van der Waals surface area contributed by atoms with Crippen LogP contribution in [0.2, 0.25) is 0 Å². The normalized spacial score (nSPS) is 11.6. The number of aromatic nitrogens is 2. The van der Waals surface area contributed by atoms with E-state index in [1.54, 1.807) is 0 Å². The first-order valence-corrected chi connectivity index (χ1v) is 2.56. The summed E-state index contributed by atoms with van der Waals surface area (Å²) in [6.07, 6.45) is -4.55. The van der Waals surface area contributed by atoms with Gasteiger partial charge in [-0.2, -0.15) is 17.6 Å². The topological polar surface area (TPSA) is 25.8 Å². The summed E-state index contributed by atoms with van der Waals surface area (Å²) < 4.78 is 47.0. The first-order chi connectivity index (χ1) is 5.00. The second kappa shape index (κ2) is 2.44. The molecule has 0 aliphatic carbocycles. The largest absolute Gasteiger partial charge is 0.435 e. The van der Waals surface area contributed by atoms with Crippen LogP contribution in [0, 0.1) is 5.95 Å². The molecule has 0 fully saturated rings. The molecule has 0 unspecified atom stereocenters. The van der Waals surface area contributed by atoms with Crippen molar-refractivity contribution in [2.45, 2.75) is 6.18 Å². The van der Waals surface area contributed by atoms with Gasteiger partial charge >= 0.3 is 6.18 Å². The van der Waals surface area contributed by atoms with E-state index in [0.29, 0.717) is 12.1 Å². The van der Waals surface area contributed by atoms with Crippen molar-refractivity contribution < 1.29 is 17.6 Å². The van der Waals surface area contributed by atoms with Gasteiger partial charge in [0.15, 0.2) is 5.69 Å². The number of rotatable bonds is 0. The summed E-state index contributed by atoms with van der Waals surface area (Å²) >= 11 is 0. The minimum absolute atomic E-state index is 0.530. The summed E-state index contributed by atoms with van der Waals surface area (Å²) in [7, 11) is 0. The van der Waals surface area contributed by atoms with E-state index in [0.717, 1.165) is 0 Å². The van der Waals surface area contributed by atoms with Crippen LogP contribution in [0.15, 0.2) is 12.1 Å². The molecule has 60 valence electrons. The van der Waals surface area contributed by atoms with Gasteiger partial charge in [0.05, 0.1) is 0 Å². The van der Waals surface area contributed by atoms with E-state index in [1.165, 1.54) is 0 Å². The van der Waals surface area contributed by atoms with Crippen LogP contribution in [0.4, 0.5) is 17.6 Å². The Morgan fingerprint density at radius 1 is 1.09 bits per heavy atom. The van der Waals surface area contributed by atoms with Crippen molar-refractivity contribution in [3.63, 3.8) is 0 Å². The van der Waals surface area contributed by atoms with Gasteiger partial charge in [-0.15, -0.1) is 10.2 Å². The number of hydrogen-bond donors (Lipinski definition) is 0. The molecule has 0 saturated carbocycles. The van der Waals surface area contributed by atoms with Gasteiger partial charge in [-0.1, -0.05) is 0 Å². The van der Waals surface area contributed by atoms with Crippen molar-refractivity contribution in [1.29, 1.82) is 0 Å². The molecule has 1 rings (SSSR count). The Bertz CT molecular complexity index is 240. The van der Waals surface area contributed by atoms with E-state index >= 15 is 0 Å². The fraction of sp³-hybridized carbons (Fsp3) is 0.200. The maximum Gasteiger partial charge on any atom is 0.435 e. The van der Waals surface area contributed by atoms with Gasteiger partial charge in [0.2, 0.25) is 5.95 Å². The van der Waals surface area contributed by atoms with E-state index < -0.39 is 17.8 Å². The number of alkyl halides is 3. The molecule has 1 heterocycles. The zero-order valence-electron chi connectivity index (χ0n) is 5.06. The Morgan fingerprint density at radius 3 is 2.09 bits per heavy atom. The quantitative estimate of drug-likeness (QED) is 0.547. The number of halogens is 4. The Labute approximate surface area is 58.9 Å². The van der Waals surface area contributed by atoms with Crippen LogP contribution in [-0.2, 0) is 6.18 Å². The van der Waals surface area contributed by atoms with Gasteiger partial charge in [0.25, 0.3) is 0 Å². The molecule has 1 aromatic rings. The van der Waals surface area contributed by atoms with Gasteiger partial charge in [0, 0.05) is 0 Å². The van der Waals surface area contributed by atoms with Gasteiger partial charge in [-0.25, -0.2) is 0 Å². The molecule has 2 nitrogen and oxygen atoms in total. The zero-order valence-corrected chi connectivity index (χ0v) is 5.06. The molecule has 0 aliphatic rings. The molecule has 1 aromatic heterocycles. The van der Waals surface area contributed by atoms with Crippen molar-refractivity contribution in [3.8, 4) is 0 Å². The van der Waals surface area contributed by atoms with E-state index in [9.17, 15) is 17.6 Å². The highest BCUT2D eigenvalue weighted by Crippen LogP contribution is 2.26. The van der Waals surface area contributed by atoms with Crippen molar-refractivity contribution >= 4 is 0 Å². The SMILES string of the molecule is Fc1ccc(C(F)(F)F)nn1. The highest BCUT2D eigenvalue weighted by atomic mass is 19.4. The predicted octanol–water partition coefficient (Wildman–Crippen LogP) is 1.63. The fourth-order valence-corrected chi connectivity index (χ4v) is 0.467. The standard InChI is InChI=1S/C5H2F4N2/c6-4-2-1-3(10-11-4)5(7,8)9/h1-2H. The zero-order chi connectivity index (χ0) is 8.48. The van der Waals surface area contributed by atoms with Crippen LogP contribution < -0.4 is 0 Å². The van der Waals surface area contributed by atoms with Crippen molar-refractivity contribution in [2.75, 3.05) is 0 Å². The van der Waals surface area contributed by atoms with Gasteiger partial charge in [0.1, 0.15) is 0 Å². The molecule has 0 amide bonds. The third-order valence-electron chi connectivity index (χ3n) is 0.922. The molecule has 0 aromatic carbocycles. The molecule has 0 atom stereocenters. The second-order valence-electron chi connectivity index (χ2n) is 1.74. The Kier molecular flexibility index (Phi) is 1.76. The molecule has 0 bridgehead atoms. The average molecular weight is 166 g/mol. The second-order valence-corrected chi connectivity index (χ2v) is 1.74. The molecule has 0 N–H and O–H groups in total. The van der Waals surface area contributed by atoms with Crippen LogP contribution in [0.25, 0.3) is 0 Å². The third kappa shape index (κ3) is 1.86. The van der Waals surface area contributed by atoms with Crippen molar-refractivity contribution in [2.24, 2.45) is 0 Å². The highest BCUT2D eigenvalue weighted by Gasteiger charge is 2.32. The average Bonchev–Trinajstić information content (AvgIpc) is 1.86. The lowest BCUT2D eigenvalue weighted by Gasteiger charge is -2.01. The maximum atomic E-state index is 11.9. The predicted molar refractivity (Wildman–Crippen MR) is 27.0 cm³/mol. The summed E-state index contributed by atoms with van der Waals surface area (Å²) in [6, 6.07) is 1.14. The summed E-state index contributed by atoms with van der Waals surface area (Å²) in [6.45, 7) is 0. The first kappa shape index (κ1) is 7.90. The Morgan fingerprint density at radius 2 is 1.73 bits per heavy atom. The summed E-state index contributed by atoms with van der Waals surface area (Å²) in [5.74, 6) is -1.03. The van der Waals surface area contributed by atoms with Gasteiger partial charge in [-0.05, 0) is 12.1 Å². The van der Waals surface area contributed by atoms with E-state index in [-0.39, 0.29) is 0 Å². The lowest BCUT2D eigenvalue weighted by atomic mass is 10.4. The van der Waals surface area contributed by atoms with E-state index in [2.05, 4.69) is 10.2 Å². The molecule has 0 saturated heterocycles. The van der Waals surface area contributed by atoms with E-state index in [4.69, 9.17) is 0 Å². The fourth-order valence-electron chi connectivity index (χ4n) is 0.467. The van der Waals surface area contributed by atoms with Gasteiger partial charge < -0.3 is 0 Å². The molecule has 0 spiro atoms. The van der Waals surface area contributed by atoms with E-state index in [1.807, 2.05) is 0 Å². The van der Waals surface area contributed by atoms with Crippen molar-refractivity contribution in [3.05, 3.63) is 23.8 Å². The monoisotopic (exact) mass is 166 g/mol. The van der Waals surface area contributed by atoms with Crippen LogP contribution in [0.3, 0.4) is 0 Å². The maximum absolute atomic E-state index is 11.9. The lowest BCUT2D eigenvalue weighted by Crippen LogP contribution is -2.09. The summed E-state index contributed by atoms with van der Waals surface area (Å²) in [5.41, 5.74) is -1.20. The third-order valence-corrected chi connectivity index (χ3v) is 0.922. The van der Waals surface area contributed by atoms with Gasteiger partial charge in [-0.3, -0.25) is 0 Å². The molecule has 0 aliphatic heterocycles. The molecular formula is C5H2F4N2. The van der Waals surface area contributed by atoms with Crippen LogP contribution in [0.5, 0.6) is 0 Å². The molecule has 6 heteroatoms. The van der Waals surface area contributed by atoms with Crippen LogP contribution >= 0.6 is 0 Å². The van der Waals surface area contributed by atoms with Crippen LogP contribution in [0.1, 0.15) is 5.69 Å². The summed E-state index contributed by atoms with van der Waals surface area (Å²) in [4.78, 5) is 0. The molecule has 11 heavy (non-hydrogen) atoms. The van der Waals surface area contributed by atoms with Crippen molar-refractivity contribution in [1.82, 2.24) is 10.2 Å². The molecular weight excluding hydrogens is 164 g/mol. The number of nitrogens with zero attached hydrogens (tertiary/aromatic N) is 2. The Hall–Kier alpha value is -1.20. The highest BCUT2D eigenvalue weighted by molar-refractivity contribution is 5.03. The molecule has 0 radical (unpaired) electrons. The lowest BCUT2D eigenvalue weighted by molar-refractivity contribution is -0.141. The minimum Gasteiger partial charge on any atom is -0.183 e. The number of hydrogen-bond acceptors (Lipinski definition) is 2. The summed E-state index contributed by atoms with van der Waals surface area (Å²) in [5, 5.41) is 5.21. The van der Waals surface area contributed by atoms with Crippen LogP contribution in [-0.4, -0.2) is 10.2 Å². The Balaban J connectivity index is 2.99. The smallest absolute Gasteiger partial charge is 0.183 e.